The summed E-state index contributed by atoms with van der Waals surface area (Å²) in [6.45, 7) is 3.90. The Morgan fingerprint density at radius 1 is 1.41 bits per heavy atom. The van der Waals surface area contributed by atoms with Gasteiger partial charge in [-0.1, -0.05) is 11.6 Å². The van der Waals surface area contributed by atoms with Crippen LogP contribution in [0.15, 0.2) is 17.1 Å². The Morgan fingerprint density at radius 3 is 2.86 bits per heavy atom. The predicted octanol–water partition coefficient (Wildman–Crippen LogP) is 2.12. The van der Waals surface area contributed by atoms with E-state index in [1.165, 1.54) is 6.20 Å². The highest BCUT2D eigenvalue weighted by molar-refractivity contribution is 9.10. The van der Waals surface area contributed by atoms with Crippen LogP contribution < -0.4 is 10.5 Å². The van der Waals surface area contributed by atoms with Crippen LogP contribution in [0.1, 0.15) is 16.8 Å². The molecular formula is C13H12BrClN6O. The van der Waals surface area contributed by atoms with Crippen LogP contribution in [0.25, 0.3) is 11.2 Å². The first-order chi connectivity index (χ1) is 10.4. The Kier molecular flexibility index (Phi) is 3.65. The smallest absolute Gasteiger partial charge is 0.223 e. The van der Waals surface area contributed by atoms with Crippen LogP contribution >= 0.6 is 27.5 Å². The lowest BCUT2D eigenvalue weighted by Crippen LogP contribution is -2.34. The molecule has 7 nitrogen and oxygen atoms in total. The number of rotatable bonds is 2. The predicted molar refractivity (Wildman–Crippen MR) is 86.4 cm³/mol. The maximum absolute atomic E-state index is 12.2. The lowest BCUT2D eigenvalue weighted by Gasteiger charge is -2.11. The summed E-state index contributed by atoms with van der Waals surface area (Å²) in [5, 5.41) is 12.8. The van der Waals surface area contributed by atoms with Gasteiger partial charge < -0.3 is 15.5 Å². The van der Waals surface area contributed by atoms with E-state index in [0.29, 0.717) is 26.5 Å². The average molecular weight is 384 g/mol. The lowest BCUT2D eigenvalue weighted by molar-refractivity contribution is -0.615. The van der Waals surface area contributed by atoms with E-state index in [2.05, 4.69) is 30.9 Å². The zero-order valence-corrected chi connectivity index (χ0v) is 14.2. The normalized spacial score (nSPS) is 11.3. The highest BCUT2D eigenvalue weighted by Gasteiger charge is 2.19. The summed E-state index contributed by atoms with van der Waals surface area (Å²) in [5.41, 5.74) is 8.81. The molecule has 0 unspecified atom stereocenters. The second-order valence-electron chi connectivity index (χ2n) is 4.94. The Balaban J connectivity index is 2.14. The van der Waals surface area contributed by atoms with Gasteiger partial charge in [-0.3, -0.25) is 0 Å². The molecule has 0 aliphatic carbocycles. The number of aromatic nitrogens is 5. The minimum absolute atomic E-state index is 0.134. The Bertz CT molecular complexity index is 894. The summed E-state index contributed by atoms with van der Waals surface area (Å²) in [6.07, 6.45) is 3.06. The first-order valence-electron chi connectivity index (χ1n) is 6.40. The fraction of sp³-hybridized carbons (Fsp3) is 0.231. The van der Waals surface area contributed by atoms with E-state index in [1.54, 1.807) is 17.8 Å². The van der Waals surface area contributed by atoms with Crippen molar-refractivity contribution in [1.82, 2.24) is 19.5 Å². The molecule has 22 heavy (non-hydrogen) atoms. The molecule has 3 heterocycles. The number of hydrogen-bond donors (Lipinski definition) is 1. The number of fused-ring (bicyclic) bond motifs is 1. The van der Waals surface area contributed by atoms with Gasteiger partial charge in [-0.25, -0.2) is 9.97 Å². The van der Waals surface area contributed by atoms with Crippen LogP contribution in [0.3, 0.4) is 0 Å². The van der Waals surface area contributed by atoms with Gasteiger partial charge in [0.25, 0.3) is 0 Å². The zero-order chi connectivity index (χ0) is 16.0. The molecule has 0 aliphatic heterocycles. The van der Waals surface area contributed by atoms with Crippen molar-refractivity contribution in [3.63, 3.8) is 0 Å². The first-order valence-corrected chi connectivity index (χ1v) is 7.57. The van der Waals surface area contributed by atoms with Crippen molar-refractivity contribution in [2.75, 3.05) is 5.73 Å². The number of nitrogen functional groups attached to an aromatic ring is 1. The number of hydrogen-bond acceptors (Lipinski definition) is 5. The van der Waals surface area contributed by atoms with Crippen LogP contribution in [-0.4, -0.2) is 19.5 Å². The molecule has 0 aliphatic rings. The van der Waals surface area contributed by atoms with E-state index in [-0.39, 0.29) is 12.5 Å². The molecule has 0 aromatic carbocycles. The molecule has 3 rings (SSSR count). The number of nitrogens with zero attached hydrogens (tertiary/aromatic N) is 5. The largest absolute Gasteiger partial charge is 0.618 e. The van der Waals surface area contributed by atoms with Gasteiger partial charge in [0.05, 0.1) is 11.3 Å². The Morgan fingerprint density at radius 2 is 2.14 bits per heavy atom. The van der Waals surface area contributed by atoms with Crippen molar-refractivity contribution in [2.24, 2.45) is 0 Å². The van der Waals surface area contributed by atoms with Gasteiger partial charge in [-0.05, 0) is 29.8 Å². The summed E-state index contributed by atoms with van der Waals surface area (Å²) in [6, 6.07) is 0. The van der Waals surface area contributed by atoms with Crippen LogP contribution in [0, 0.1) is 19.1 Å². The highest BCUT2D eigenvalue weighted by atomic mass is 79.9. The Labute approximate surface area is 139 Å². The lowest BCUT2D eigenvalue weighted by atomic mass is 10.1. The van der Waals surface area contributed by atoms with Gasteiger partial charge in [0.1, 0.15) is 16.7 Å². The molecule has 0 spiro atoms. The molecule has 0 amide bonds. The topological polar surface area (TPSA) is 96.6 Å². The second kappa shape index (κ2) is 5.36. The molecule has 3 aromatic heterocycles. The molecule has 0 saturated heterocycles. The second-order valence-corrected chi connectivity index (χ2v) is 6.07. The first kappa shape index (κ1) is 15.0. The van der Waals surface area contributed by atoms with E-state index < -0.39 is 0 Å². The van der Waals surface area contributed by atoms with E-state index in [4.69, 9.17) is 17.3 Å². The van der Waals surface area contributed by atoms with Crippen molar-refractivity contribution >= 4 is 44.6 Å². The quantitative estimate of drug-likeness (QED) is 0.415. The minimum Gasteiger partial charge on any atom is -0.618 e. The molecule has 9 heteroatoms. The number of halogens is 2. The number of aryl methyl sites for hydroxylation is 1. The molecule has 2 N–H and O–H groups in total. The van der Waals surface area contributed by atoms with Gasteiger partial charge in [-0.2, -0.15) is 9.71 Å². The number of pyridine rings is 1. The van der Waals surface area contributed by atoms with Crippen molar-refractivity contribution in [3.8, 4) is 0 Å². The van der Waals surface area contributed by atoms with Crippen molar-refractivity contribution in [3.05, 3.63) is 44.2 Å². The third-order valence-electron chi connectivity index (χ3n) is 3.44. The fourth-order valence-electron chi connectivity index (χ4n) is 2.29. The molecule has 0 radical (unpaired) electrons. The van der Waals surface area contributed by atoms with Gasteiger partial charge >= 0.3 is 0 Å². The van der Waals surface area contributed by atoms with Crippen molar-refractivity contribution in [1.29, 1.82) is 0 Å². The van der Waals surface area contributed by atoms with E-state index in [1.807, 2.05) is 6.92 Å². The van der Waals surface area contributed by atoms with Crippen LogP contribution in [-0.2, 0) is 6.54 Å². The molecule has 0 atom stereocenters. The van der Waals surface area contributed by atoms with E-state index >= 15 is 0 Å². The monoisotopic (exact) mass is 382 g/mol. The van der Waals surface area contributed by atoms with Gasteiger partial charge in [0.2, 0.25) is 11.6 Å². The number of anilines is 1. The Hall–Kier alpha value is -1.93. The molecule has 0 bridgehead atoms. The van der Waals surface area contributed by atoms with E-state index in [9.17, 15) is 5.21 Å². The third kappa shape index (κ3) is 2.38. The third-order valence-corrected chi connectivity index (χ3v) is 4.58. The SMILES string of the molecule is Cc1c[n+]([O-])c(Cn2cnc3c(Br)nc(N)nc32)c(C)c1Cl. The van der Waals surface area contributed by atoms with Crippen LogP contribution in [0.4, 0.5) is 5.95 Å². The maximum atomic E-state index is 12.2. The molecule has 0 saturated carbocycles. The van der Waals surface area contributed by atoms with E-state index in [0.717, 1.165) is 15.9 Å². The molecular weight excluding hydrogens is 372 g/mol. The zero-order valence-electron chi connectivity index (χ0n) is 11.8. The van der Waals surface area contributed by atoms with Gasteiger partial charge in [0.15, 0.2) is 11.8 Å². The number of nitrogens with two attached hydrogens (primary N) is 1. The summed E-state index contributed by atoms with van der Waals surface area (Å²) >= 11 is 9.53. The summed E-state index contributed by atoms with van der Waals surface area (Å²) in [5.74, 6) is 0.134. The molecule has 3 aromatic rings. The van der Waals surface area contributed by atoms with Crippen LogP contribution in [0.2, 0.25) is 5.02 Å². The standard InChI is InChI=1S/C13H12BrClN6O/c1-6-3-21(22)8(7(2)9(6)15)4-20-5-17-10-11(14)18-13(16)19-12(10)20/h3,5H,4H2,1-2H3,(H2,16,18,19). The van der Waals surface area contributed by atoms with Crippen molar-refractivity contribution < 1.29 is 4.73 Å². The maximum Gasteiger partial charge on any atom is 0.223 e. The summed E-state index contributed by atoms with van der Waals surface area (Å²) < 4.78 is 3.07. The molecule has 0 fully saturated rings. The fourth-order valence-corrected chi connectivity index (χ4v) is 2.91. The molecule has 114 valence electrons. The average Bonchev–Trinajstić information content (AvgIpc) is 2.84. The van der Waals surface area contributed by atoms with Crippen LogP contribution in [0.5, 0.6) is 0 Å². The van der Waals surface area contributed by atoms with Gasteiger partial charge in [0, 0.05) is 11.1 Å². The number of imidazole rings is 1. The van der Waals surface area contributed by atoms with Gasteiger partial charge in [-0.15, -0.1) is 0 Å². The van der Waals surface area contributed by atoms with Crippen molar-refractivity contribution in [2.45, 2.75) is 20.4 Å². The summed E-state index contributed by atoms with van der Waals surface area (Å²) in [4.78, 5) is 12.4. The summed E-state index contributed by atoms with van der Waals surface area (Å²) in [7, 11) is 0. The highest BCUT2D eigenvalue weighted by Crippen LogP contribution is 2.23. The minimum atomic E-state index is 0.134.